The van der Waals surface area contributed by atoms with E-state index in [9.17, 15) is 0 Å². The Kier molecular flexibility index (Phi) is 2.96. The zero-order valence-corrected chi connectivity index (χ0v) is 10.9. The minimum atomic E-state index is 0.586. The van der Waals surface area contributed by atoms with Crippen molar-refractivity contribution in [3.8, 4) is 0 Å². The fraction of sp³-hybridized carbons (Fsp3) is 0.625. The lowest BCUT2D eigenvalue weighted by Crippen LogP contribution is -2.19. The average molecular weight is 229 g/mol. The monoisotopic (exact) mass is 229 g/mol. The van der Waals surface area contributed by atoms with Gasteiger partial charge in [-0.3, -0.25) is 0 Å². The number of aryl methyl sites for hydroxylation is 1. The second-order valence-corrected chi connectivity index (χ2v) is 5.87. The highest BCUT2D eigenvalue weighted by Gasteiger charge is 2.53. The predicted molar refractivity (Wildman–Crippen MR) is 71.9 cm³/mol. The summed E-state index contributed by atoms with van der Waals surface area (Å²) in [5.74, 6) is 2.94. The molecule has 0 aromatic heterocycles. The van der Waals surface area contributed by atoms with Crippen LogP contribution in [0.3, 0.4) is 0 Å². The van der Waals surface area contributed by atoms with E-state index in [1.807, 2.05) is 0 Å². The molecule has 1 aromatic carbocycles. The van der Waals surface area contributed by atoms with Crippen molar-refractivity contribution in [2.75, 3.05) is 7.05 Å². The van der Waals surface area contributed by atoms with Gasteiger partial charge >= 0.3 is 0 Å². The molecule has 0 amide bonds. The van der Waals surface area contributed by atoms with E-state index in [1.165, 1.54) is 36.8 Å². The molecule has 17 heavy (non-hydrogen) atoms. The molecule has 2 saturated carbocycles. The molecule has 92 valence electrons. The van der Waals surface area contributed by atoms with Crippen molar-refractivity contribution in [3.05, 3.63) is 35.4 Å². The summed E-state index contributed by atoms with van der Waals surface area (Å²) >= 11 is 0. The molecule has 1 heteroatoms. The van der Waals surface area contributed by atoms with E-state index in [4.69, 9.17) is 0 Å². The van der Waals surface area contributed by atoms with Crippen LogP contribution >= 0.6 is 0 Å². The molecule has 0 spiro atoms. The first kappa shape index (κ1) is 11.3. The number of nitrogens with one attached hydrogen (secondary N) is 1. The van der Waals surface area contributed by atoms with Crippen LogP contribution in [-0.4, -0.2) is 7.05 Å². The van der Waals surface area contributed by atoms with E-state index in [1.54, 1.807) is 0 Å². The average Bonchev–Trinajstić information content (AvgIpc) is 3.05. The van der Waals surface area contributed by atoms with Crippen LogP contribution in [0.5, 0.6) is 0 Å². The zero-order chi connectivity index (χ0) is 11.8. The summed E-state index contributed by atoms with van der Waals surface area (Å²) in [5, 5.41) is 3.56. The van der Waals surface area contributed by atoms with Crippen LogP contribution in [0, 0.1) is 24.7 Å². The molecule has 1 nitrogen and oxygen atoms in total. The zero-order valence-electron chi connectivity index (χ0n) is 10.9. The van der Waals surface area contributed by atoms with Gasteiger partial charge in [0.15, 0.2) is 0 Å². The third-order valence-electron chi connectivity index (χ3n) is 4.82. The molecule has 0 bridgehead atoms. The quantitative estimate of drug-likeness (QED) is 0.833. The van der Waals surface area contributed by atoms with Crippen LogP contribution in [0.4, 0.5) is 0 Å². The molecule has 0 heterocycles. The predicted octanol–water partition coefficient (Wildman–Crippen LogP) is 3.69. The topological polar surface area (TPSA) is 12.0 Å². The molecule has 3 atom stereocenters. The molecule has 3 rings (SSSR count). The second kappa shape index (κ2) is 4.45. The first-order chi connectivity index (χ1) is 8.31. The maximum atomic E-state index is 3.56. The van der Waals surface area contributed by atoms with Crippen LogP contribution in [0.2, 0.25) is 0 Å². The highest BCUT2D eigenvalue weighted by atomic mass is 14.9. The molecule has 3 unspecified atom stereocenters. The normalized spacial score (nSPS) is 32.9. The summed E-state index contributed by atoms with van der Waals surface area (Å²) in [4.78, 5) is 0. The van der Waals surface area contributed by atoms with Crippen LogP contribution in [0.15, 0.2) is 24.3 Å². The Morgan fingerprint density at radius 2 is 1.88 bits per heavy atom. The largest absolute Gasteiger partial charge is 0.313 e. The van der Waals surface area contributed by atoms with Crippen molar-refractivity contribution in [1.29, 1.82) is 0 Å². The molecule has 2 aliphatic carbocycles. The maximum absolute atomic E-state index is 3.56. The summed E-state index contributed by atoms with van der Waals surface area (Å²) in [6.45, 7) is 2.19. The summed E-state index contributed by atoms with van der Waals surface area (Å²) in [6, 6.07) is 9.62. The highest BCUT2D eigenvalue weighted by molar-refractivity contribution is 5.27. The molecular formula is C16H23N. The SMILES string of the molecule is CNC(c1cccc(C)c1)C1C2CCCCC21. The van der Waals surface area contributed by atoms with E-state index in [-0.39, 0.29) is 0 Å². The van der Waals surface area contributed by atoms with E-state index in [0.717, 1.165) is 17.8 Å². The van der Waals surface area contributed by atoms with Crippen LogP contribution in [-0.2, 0) is 0 Å². The lowest BCUT2D eigenvalue weighted by atomic mass is 9.98. The van der Waals surface area contributed by atoms with Crippen molar-refractivity contribution in [3.63, 3.8) is 0 Å². The second-order valence-electron chi connectivity index (χ2n) is 5.87. The molecule has 1 N–H and O–H groups in total. The Morgan fingerprint density at radius 1 is 1.18 bits per heavy atom. The smallest absolute Gasteiger partial charge is 0.0351 e. The lowest BCUT2D eigenvalue weighted by Gasteiger charge is -2.17. The van der Waals surface area contributed by atoms with Crippen molar-refractivity contribution in [2.24, 2.45) is 17.8 Å². The molecule has 1 aromatic rings. The Bertz CT molecular complexity index is 386. The Balaban J connectivity index is 1.80. The van der Waals surface area contributed by atoms with Gasteiger partial charge in [-0.15, -0.1) is 0 Å². The minimum Gasteiger partial charge on any atom is -0.313 e. The molecule has 0 radical (unpaired) electrons. The highest BCUT2D eigenvalue weighted by Crippen LogP contribution is 2.60. The number of hydrogen-bond acceptors (Lipinski definition) is 1. The first-order valence-electron chi connectivity index (χ1n) is 7.05. The van der Waals surface area contributed by atoms with Gasteiger partial charge in [0.25, 0.3) is 0 Å². The van der Waals surface area contributed by atoms with E-state index >= 15 is 0 Å². The van der Waals surface area contributed by atoms with Gasteiger partial charge in [-0.05, 0) is 50.1 Å². The van der Waals surface area contributed by atoms with Crippen LogP contribution in [0.1, 0.15) is 42.9 Å². The van der Waals surface area contributed by atoms with Crippen LogP contribution in [0.25, 0.3) is 0 Å². The fourth-order valence-corrected chi connectivity index (χ4v) is 3.99. The van der Waals surface area contributed by atoms with Crippen molar-refractivity contribution in [2.45, 2.75) is 38.6 Å². The number of hydrogen-bond donors (Lipinski definition) is 1. The molecule has 0 saturated heterocycles. The summed E-state index contributed by atoms with van der Waals surface area (Å²) < 4.78 is 0. The van der Waals surface area contributed by atoms with Crippen LogP contribution < -0.4 is 5.32 Å². The van der Waals surface area contributed by atoms with Crippen molar-refractivity contribution in [1.82, 2.24) is 5.32 Å². The number of rotatable bonds is 3. The van der Waals surface area contributed by atoms with E-state index < -0.39 is 0 Å². The third kappa shape index (κ3) is 2.01. The van der Waals surface area contributed by atoms with Crippen molar-refractivity contribution < 1.29 is 0 Å². The summed E-state index contributed by atoms with van der Waals surface area (Å²) in [5.41, 5.74) is 2.87. The van der Waals surface area contributed by atoms with Crippen molar-refractivity contribution >= 4 is 0 Å². The minimum absolute atomic E-state index is 0.586. The van der Waals surface area contributed by atoms with Gasteiger partial charge < -0.3 is 5.32 Å². The standard InChI is InChI=1S/C16H23N/c1-11-6-5-7-12(10-11)16(17-2)15-13-8-3-4-9-14(13)15/h5-7,10,13-17H,3-4,8-9H2,1-2H3. The van der Waals surface area contributed by atoms with E-state index in [0.29, 0.717) is 6.04 Å². The Hall–Kier alpha value is -0.820. The van der Waals surface area contributed by atoms with Gasteiger partial charge in [0.05, 0.1) is 0 Å². The van der Waals surface area contributed by atoms with Gasteiger partial charge in [-0.25, -0.2) is 0 Å². The summed E-state index contributed by atoms with van der Waals surface area (Å²) in [7, 11) is 2.12. The van der Waals surface area contributed by atoms with Gasteiger partial charge in [0, 0.05) is 6.04 Å². The fourth-order valence-electron chi connectivity index (χ4n) is 3.99. The molecule has 0 aliphatic heterocycles. The number of benzene rings is 1. The number of fused-ring (bicyclic) bond motifs is 1. The first-order valence-corrected chi connectivity index (χ1v) is 7.05. The maximum Gasteiger partial charge on any atom is 0.0351 e. The molecule has 2 fully saturated rings. The van der Waals surface area contributed by atoms with Gasteiger partial charge in [-0.1, -0.05) is 42.7 Å². The van der Waals surface area contributed by atoms with Gasteiger partial charge in [0.1, 0.15) is 0 Å². The lowest BCUT2D eigenvalue weighted by molar-refractivity contribution is 0.480. The van der Waals surface area contributed by atoms with Gasteiger partial charge in [0.2, 0.25) is 0 Å². The van der Waals surface area contributed by atoms with Gasteiger partial charge in [-0.2, -0.15) is 0 Å². The summed E-state index contributed by atoms with van der Waals surface area (Å²) in [6.07, 6.45) is 5.86. The molecular weight excluding hydrogens is 206 g/mol. The Labute approximate surface area is 105 Å². The Morgan fingerprint density at radius 3 is 2.47 bits per heavy atom. The van der Waals surface area contributed by atoms with E-state index in [2.05, 4.69) is 43.6 Å². The molecule has 2 aliphatic rings. The third-order valence-corrected chi connectivity index (χ3v) is 4.82.